The Morgan fingerprint density at radius 3 is 1.59 bits per heavy atom. The van der Waals surface area contributed by atoms with Gasteiger partial charge in [-0.15, -0.1) is 0 Å². The second-order valence-corrected chi connectivity index (χ2v) is 4.68. The maximum Gasteiger partial charge on any atom is 0.184 e. The summed E-state index contributed by atoms with van der Waals surface area (Å²) < 4.78 is 10.6. The molecule has 0 atom stereocenters. The van der Waals surface area contributed by atoms with Crippen molar-refractivity contribution in [2.24, 2.45) is 21.7 Å². The highest BCUT2D eigenvalue weighted by Gasteiger charge is 2.09. The second-order valence-electron chi connectivity index (χ2n) is 3.80. The first-order valence-electron chi connectivity index (χ1n) is 5.91. The van der Waals surface area contributed by atoms with Gasteiger partial charge in [-0.2, -0.15) is 10.2 Å². The highest BCUT2D eigenvalue weighted by atomic mass is 32.1. The topological polar surface area (TPSA) is 119 Å². The van der Waals surface area contributed by atoms with Crippen LogP contribution in [0.5, 0.6) is 11.5 Å². The van der Waals surface area contributed by atoms with E-state index in [1.807, 2.05) is 0 Å². The molecule has 0 bridgehead atoms. The Morgan fingerprint density at radius 2 is 1.32 bits per heavy atom. The Kier molecular flexibility index (Phi) is 6.99. The first-order valence-corrected chi connectivity index (χ1v) is 6.72. The molecule has 0 aliphatic rings. The first kappa shape index (κ1) is 17.6. The van der Waals surface area contributed by atoms with Crippen LogP contribution < -0.4 is 31.8 Å². The second kappa shape index (κ2) is 8.74. The number of hydrogen-bond donors (Lipinski definition) is 4. The minimum absolute atomic E-state index is 0.0646. The third kappa shape index (κ3) is 5.50. The highest BCUT2D eigenvalue weighted by molar-refractivity contribution is 7.80. The highest BCUT2D eigenvalue weighted by Crippen LogP contribution is 2.26. The molecule has 8 nitrogen and oxygen atoms in total. The molecule has 0 heterocycles. The van der Waals surface area contributed by atoms with Gasteiger partial charge in [0, 0.05) is 11.1 Å². The van der Waals surface area contributed by atoms with Gasteiger partial charge in [-0.1, -0.05) is 0 Å². The lowest BCUT2D eigenvalue weighted by Crippen LogP contribution is -2.24. The fourth-order valence-electron chi connectivity index (χ4n) is 1.48. The zero-order valence-electron chi connectivity index (χ0n) is 12.0. The van der Waals surface area contributed by atoms with Crippen molar-refractivity contribution >= 4 is 47.1 Å². The van der Waals surface area contributed by atoms with Crippen molar-refractivity contribution in [3.8, 4) is 11.5 Å². The van der Waals surface area contributed by atoms with E-state index in [1.54, 1.807) is 12.1 Å². The summed E-state index contributed by atoms with van der Waals surface area (Å²) in [6, 6.07) is 3.46. The average molecular weight is 340 g/mol. The van der Waals surface area contributed by atoms with Gasteiger partial charge in [0.1, 0.15) is 11.5 Å². The number of thiocarbonyl (C=S) groups is 2. The van der Waals surface area contributed by atoms with Crippen molar-refractivity contribution in [3.05, 3.63) is 23.3 Å². The first-order chi connectivity index (χ1) is 10.5. The molecule has 0 aliphatic heterocycles. The maximum atomic E-state index is 5.30. The molecule has 118 valence electrons. The quantitative estimate of drug-likeness (QED) is 0.325. The Hall–Kier alpha value is -2.46. The number of benzene rings is 1. The third-order valence-electron chi connectivity index (χ3n) is 2.34. The minimum atomic E-state index is 0.0646. The van der Waals surface area contributed by atoms with Crippen LogP contribution in [-0.2, 0) is 0 Å². The normalized spacial score (nSPS) is 10.6. The van der Waals surface area contributed by atoms with Gasteiger partial charge in [0.05, 0.1) is 26.6 Å². The van der Waals surface area contributed by atoms with Gasteiger partial charge in [-0.05, 0) is 36.6 Å². The summed E-state index contributed by atoms with van der Waals surface area (Å²) in [4.78, 5) is 0. The average Bonchev–Trinajstić information content (AvgIpc) is 2.47. The van der Waals surface area contributed by atoms with Crippen LogP contribution in [0.3, 0.4) is 0 Å². The summed E-state index contributed by atoms with van der Waals surface area (Å²) >= 11 is 9.32. The molecule has 6 N–H and O–H groups in total. The molecule has 1 aromatic carbocycles. The van der Waals surface area contributed by atoms with Crippen molar-refractivity contribution in [1.82, 2.24) is 10.9 Å². The predicted octanol–water partition coefficient (Wildman–Crippen LogP) is 0.0380. The molecule has 1 aromatic rings. The van der Waals surface area contributed by atoms with E-state index in [4.69, 9.17) is 20.9 Å². The minimum Gasteiger partial charge on any atom is -0.496 e. The van der Waals surface area contributed by atoms with Gasteiger partial charge in [-0.25, -0.2) is 0 Å². The Balaban J connectivity index is 3.11. The van der Waals surface area contributed by atoms with Crippen molar-refractivity contribution in [1.29, 1.82) is 0 Å². The van der Waals surface area contributed by atoms with E-state index in [2.05, 4.69) is 45.5 Å². The lowest BCUT2D eigenvalue weighted by molar-refractivity contribution is 0.402. The summed E-state index contributed by atoms with van der Waals surface area (Å²) in [5, 5.41) is 7.90. The summed E-state index contributed by atoms with van der Waals surface area (Å²) in [7, 11) is 3.07. The number of hydrazone groups is 2. The molecule has 0 amide bonds. The number of hydrogen-bond acceptors (Lipinski definition) is 6. The lowest BCUT2D eigenvalue weighted by atomic mass is 10.1. The van der Waals surface area contributed by atoms with Crippen LogP contribution in [0.2, 0.25) is 0 Å². The molecule has 0 aliphatic carbocycles. The van der Waals surface area contributed by atoms with Gasteiger partial charge in [0.2, 0.25) is 0 Å². The van der Waals surface area contributed by atoms with Crippen molar-refractivity contribution < 1.29 is 9.47 Å². The lowest BCUT2D eigenvalue weighted by Gasteiger charge is -2.10. The smallest absolute Gasteiger partial charge is 0.184 e. The van der Waals surface area contributed by atoms with E-state index in [0.717, 1.165) is 0 Å². The van der Waals surface area contributed by atoms with E-state index in [1.165, 1.54) is 26.6 Å². The SMILES string of the molecule is COc1cc(/C=N/NC(N)=S)c(OC)cc1/C=N/NC(N)=S. The summed E-state index contributed by atoms with van der Waals surface area (Å²) in [6.45, 7) is 0. The molecule has 10 heteroatoms. The van der Waals surface area contributed by atoms with Crippen LogP contribution >= 0.6 is 24.4 Å². The van der Waals surface area contributed by atoms with Gasteiger partial charge < -0.3 is 20.9 Å². The number of nitrogens with two attached hydrogens (primary N) is 2. The molecule has 0 radical (unpaired) electrons. The fourth-order valence-corrected chi connectivity index (χ4v) is 1.58. The molecular weight excluding hydrogens is 324 g/mol. The molecule has 22 heavy (non-hydrogen) atoms. The predicted molar refractivity (Wildman–Crippen MR) is 94.6 cm³/mol. The summed E-state index contributed by atoms with van der Waals surface area (Å²) in [6.07, 6.45) is 3.02. The van der Waals surface area contributed by atoms with Crippen LogP contribution in [0, 0.1) is 0 Å². The third-order valence-corrected chi connectivity index (χ3v) is 2.52. The van der Waals surface area contributed by atoms with Gasteiger partial charge in [-0.3, -0.25) is 10.9 Å². The zero-order valence-corrected chi connectivity index (χ0v) is 13.6. The monoisotopic (exact) mass is 340 g/mol. The fraction of sp³-hybridized carbons (Fsp3) is 0.167. The number of nitrogens with zero attached hydrogens (tertiary/aromatic N) is 2. The van der Waals surface area contributed by atoms with E-state index in [9.17, 15) is 0 Å². The van der Waals surface area contributed by atoms with Crippen molar-refractivity contribution in [3.63, 3.8) is 0 Å². The standard InChI is InChI=1S/C12H16N6O2S2/c1-19-9-3-8(6-16-18-12(14)22)10(20-2)4-7(9)5-15-17-11(13)21/h3-6H,1-2H3,(H3,13,17,21)(H3,14,18,22)/b15-5+,16-6+. The molecule has 0 aromatic heterocycles. The van der Waals surface area contributed by atoms with Crippen molar-refractivity contribution in [2.75, 3.05) is 14.2 Å². The molecule has 0 unspecified atom stereocenters. The molecule has 0 spiro atoms. The van der Waals surface area contributed by atoms with Crippen molar-refractivity contribution in [2.45, 2.75) is 0 Å². The van der Waals surface area contributed by atoms with Gasteiger partial charge in [0.15, 0.2) is 10.2 Å². The number of methoxy groups -OCH3 is 2. The van der Waals surface area contributed by atoms with Gasteiger partial charge >= 0.3 is 0 Å². The Morgan fingerprint density at radius 1 is 0.955 bits per heavy atom. The summed E-state index contributed by atoms with van der Waals surface area (Å²) in [5.41, 5.74) is 16.8. The van der Waals surface area contributed by atoms with Crippen LogP contribution in [0.15, 0.2) is 22.3 Å². The molecule has 0 saturated heterocycles. The largest absolute Gasteiger partial charge is 0.496 e. The van der Waals surface area contributed by atoms with Crippen LogP contribution in [0.1, 0.15) is 11.1 Å². The van der Waals surface area contributed by atoms with Crippen LogP contribution in [-0.4, -0.2) is 36.9 Å². The van der Waals surface area contributed by atoms with Gasteiger partial charge in [0.25, 0.3) is 0 Å². The molecule has 1 rings (SSSR count). The maximum absolute atomic E-state index is 5.30. The molecule has 0 saturated carbocycles. The van der Waals surface area contributed by atoms with E-state index < -0.39 is 0 Å². The summed E-state index contributed by atoms with van der Waals surface area (Å²) in [5.74, 6) is 1.12. The van der Waals surface area contributed by atoms with E-state index >= 15 is 0 Å². The number of ether oxygens (including phenoxy) is 2. The van der Waals surface area contributed by atoms with E-state index in [-0.39, 0.29) is 10.2 Å². The van der Waals surface area contributed by atoms with Crippen LogP contribution in [0.4, 0.5) is 0 Å². The zero-order chi connectivity index (χ0) is 16.5. The molecule has 0 fully saturated rings. The van der Waals surface area contributed by atoms with E-state index in [0.29, 0.717) is 22.6 Å². The Bertz CT molecular complexity index is 564. The van der Waals surface area contributed by atoms with Crippen LogP contribution in [0.25, 0.3) is 0 Å². The number of nitrogens with one attached hydrogen (secondary N) is 2. The number of rotatable bonds is 6. The molecular formula is C12H16N6O2S2. The Labute approximate surface area is 138 Å².